The number of aliphatic carboxylic acids is 1. The van der Waals surface area contributed by atoms with E-state index in [0.717, 1.165) is 19.3 Å². The molecule has 4 atom stereocenters. The highest BCUT2D eigenvalue weighted by molar-refractivity contribution is 5.90. The van der Waals surface area contributed by atoms with E-state index in [-0.39, 0.29) is 11.3 Å². The Morgan fingerprint density at radius 3 is 2.71 bits per heavy atom. The average Bonchev–Trinajstić information content (AvgIpc) is 3.21. The van der Waals surface area contributed by atoms with Gasteiger partial charge in [-0.3, -0.25) is 9.59 Å². The number of nitrogens with zero attached hydrogens (tertiary/aromatic N) is 1. The topological polar surface area (TPSA) is 66.8 Å². The number of carbonyl (C=O) groups is 2. The normalized spacial score (nSPS) is 31.5. The summed E-state index contributed by atoms with van der Waals surface area (Å²) in [5.74, 6) is -2.36. The molecule has 3 heterocycles. The van der Waals surface area contributed by atoms with Crippen LogP contribution in [0.3, 0.4) is 0 Å². The first kappa shape index (κ1) is 20.8. The van der Waals surface area contributed by atoms with Gasteiger partial charge in [0, 0.05) is 6.54 Å². The molecule has 0 aromatic carbocycles. The van der Waals surface area contributed by atoms with E-state index < -0.39 is 29.5 Å². The average molecular weight is 388 g/mol. The van der Waals surface area contributed by atoms with Crippen LogP contribution in [0.2, 0.25) is 0 Å². The molecule has 0 aromatic heterocycles. The van der Waals surface area contributed by atoms with Crippen molar-refractivity contribution in [3.8, 4) is 0 Å². The van der Waals surface area contributed by atoms with Crippen molar-refractivity contribution in [3.63, 3.8) is 0 Å². The van der Waals surface area contributed by atoms with E-state index in [1.807, 2.05) is 17.1 Å². The van der Waals surface area contributed by atoms with E-state index in [2.05, 4.69) is 46.8 Å². The van der Waals surface area contributed by atoms with Gasteiger partial charge in [-0.1, -0.05) is 49.3 Å². The number of fused-ring (bicyclic) bond motifs is 1. The van der Waals surface area contributed by atoms with Gasteiger partial charge in [0.15, 0.2) is 0 Å². The Bertz CT molecular complexity index is 744. The molecule has 28 heavy (non-hydrogen) atoms. The van der Waals surface area contributed by atoms with Crippen LogP contribution in [0.5, 0.6) is 0 Å². The van der Waals surface area contributed by atoms with E-state index >= 15 is 0 Å². The minimum absolute atomic E-state index is 0.0726. The van der Waals surface area contributed by atoms with Gasteiger partial charge in [0.05, 0.1) is 18.6 Å². The largest absolute Gasteiger partial charge is 0.481 e. The van der Waals surface area contributed by atoms with Crippen LogP contribution < -0.4 is 0 Å². The molecule has 1 spiro atoms. The van der Waals surface area contributed by atoms with Crippen LogP contribution in [0.1, 0.15) is 53.9 Å². The lowest BCUT2D eigenvalue weighted by Gasteiger charge is -2.31. The molecule has 2 saturated heterocycles. The van der Waals surface area contributed by atoms with E-state index in [1.165, 1.54) is 11.1 Å². The number of likely N-dealkylation sites (tertiary alicyclic amines) is 1. The molecule has 3 aliphatic heterocycles. The van der Waals surface area contributed by atoms with Crippen LogP contribution in [0.4, 0.5) is 0 Å². The maximum absolute atomic E-state index is 13.0. The highest BCUT2D eigenvalue weighted by Gasteiger charge is 2.67. The summed E-state index contributed by atoms with van der Waals surface area (Å²) in [7, 11) is 0. The van der Waals surface area contributed by atoms with E-state index in [9.17, 15) is 14.7 Å². The monoisotopic (exact) mass is 387 g/mol. The predicted octanol–water partition coefficient (Wildman–Crippen LogP) is 3.96. The molecule has 154 valence electrons. The molecule has 5 heteroatoms. The zero-order valence-electron chi connectivity index (χ0n) is 17.7. The summed E-state index contributed by atoms with van der Waals surface area (Å²) in [5.41, 5.74) is 1.89. The third-order valence-electron chi connectivity index (χ3n) is 6.18. The number of carboxylic acid groups (broad SMARTS) is 1. The van der Waals surface area contributed by atoms with E-state index in [0.29, 0.717) is 13.1 Å². The van der Waals surface area contributed by atoms with Gasteiger partial charge in [-0.2, -0.15) is 0 Å². The molecule has 0 unspecified atom stereocenters. The maximum Gasteiger partial charge on any atom is 0.310 e. The van der Waals surface area contributed by atoms with Gasteiger partial charge in [-0.15, -0.1) is 0 Å². The summed E-state index contributed by atoms with van der Waals surface area (Å²) in [5, 5.41) is 9.57. The fourth-order valence-electron chi connectivity index (χ4n) is 4.72. The zero-order valence-corrected chi connectivity index (χ0v) is 17.7. The van der Waals surface area contributed by atoms with Crippen LogP contribution in [0, 0.1) is 17.3 Å². The van der Waals surface area contributed by atoms with Crippen LogP contribution >= 0.6 is 0 Å². The fourth-order valence-corrected chi connectivity index (χ4v) is 4.72. The van der Waals surface area contributed by atoms with Gasteiger partial charge in [0.2, 0.25) is 5.91 Å². The van der Waals surface area contributed by atoms with Crippen molar-refractivity contribution in [3.05, 3.63) is 35.5 Å². The van der Waals surface area contributed by atoms with Crippen LogP contribution in [-0.2, 0) is 14.3 Å². The standard InChI is InChI=1S/C23H33NO4/c1-15(2)7-6-8-16(3)9-11-22(4,5)13-24-14-23-12-10-17(28-23)18(21(26)27)19(23)20(24)25/h7,9-10,12,17-19H,6,8,11,13-14H2,1-5H3,(H,26,27)/b16-9+/t17-,18-,19-,23+/m1/s1. The third-order valence-corrected chi connectivity index (χ3v) is 6.18. The van der Waals surface area contributed by atoms with E-state index in [1.54, 1.807) is 0 Å². The molecule has 0 saturated carbocycles. The molecule has 0 radical (unpaired) electrons. The molecule has 1 N–H and O–H groups in total. The zero-order chi connectivity index (χ0) is 20.7. The van der Waals surface area contributed by atoms with Crippen molar-refractivity contribution in [2.24, 2.45) is 17.3 Å². The van der Waals surface area contributed by atoms with Crippen LogP contribution in [0.25, 0.3) is 0 Å². The highest BCUT2D eigenvalue weighted by Crippen LogP contribution is 2.52. The number of carboxylic acids is 1. The smallest absolute Gasteiger partial charge is 0.310 e. The van der Waals surface area contributed by atoms with Gasteiger partial charge in [-0.05, 0) is 45.4 Å². The van der Waals surface area contributed by atoms with Crippen molar-refractivity contribution in [1.29, 1.82) is 0 Å². The fraction of sp³-hybridized carbons (Fsp3) is 0.652. The molecule has 3 rings (SSSR count). The first-order valence-corrected chi connectivity index (χ1v) is 10.2. The second-order valence-electron chi connectivity index (χ2n) is 9.67. The number of hydrogen-bond donors (Lipinski definition) is 1. The molecule has 2 fully saturated rings. The molecular formula is C23H33NO4. The Balaban J connectivity index is 1.62. The lowest BCUT2D eigenvalue weighted by atomic mass is 9.77. The van der Waals surface area contributed by atoms with Crippen molar-refractivity contribution < 1.29 is 19.4 Å². The molecule has 5 nitrogen and oxygen atoms in total. The Kier molecular flexibility index (Phi) is 5.59. The summed E-state index contributed by atoms with van der Waals surface area (Å²) in [6.07, 6.45) is 10.8. The number of amides is 1. The van der Waals surface area contributed by atoms with Gasteiger partial charge >= 0.3 is 5.97 Å². The number of allylic oxidation sites excluding steroid dienone is 4. The summed E-state index contributed by atoms with van der Waals surface area (Å²) < 4.78 is 5.96. The van der Waals surface area contributed by atoms with Gasteiger partial charge < -0.3 is 14.7 Å². The molecular weight excluding hydrogens is 354 g/mol. The maximum atomic E-state index is 13.0. The molecule has 2 bridgehead atoms. The van der Waals surface area contributed by atoms with Crippen LogP contribution in [0.15, 0.2) is 35.5 Å². The lowest BCUT2D eigenvalue weighted by molar-refractivity contribution is -0.148. The minimum atomic E-state index is -0.939. The van der Waals surface area contributed by atoms with Gasteiger partial charge in [-0.25, -0.2) is 0 Å². The second-order valence-corrected chi connectivity index (χ2v) is 9.67. The quantitative estimate of drug-likeness (QED) is 0.640. The Hall–Kier alpha value is -1.88. The van der Waals surface area contributed by atoms with Crippen molar-refractivity contribution in [2.75, 3.05) is 13.1 Å². The highest BCUT2D eigenvalue weighted by atomic mass is 16.5. The number of rotatable bonds is 8. The molecule has 0 aromatic rings. The van der Waals surface area contributed by atoms with Crippen molar-refractivity contribution in [2.45, 2.75) is 65.6 Å². The van der Waals surface area contributed by atoms with Crippen molar-refractivity contribution >= 4 is 11.9 Å². The summed E-state index contributed by atoms with van der Waals surface area (Å²) in [6, 6.07) is 0. The summed E-state index contributed by atoms with van der Waals surface area (Å²) >= 11 is 0. The summed E-state index contributed by atoms with van der Waals surface area (Å²) in [6.45, 7) is 11.8. The van der Waals surface area contributed by atoms with Gasteiger partial charge in [0.1, 0.15) is 11.5 Å². The molecule has 0 aliphatic carbocycles. The summed E-state index contributed by atoms with van der Waals surface area (Å²) in [4.78, 5) is 26.5. The number of hydrogen-bond acceptors (Lipinski definition) is 3. The van der Waals surface area contributed by atoms with Gasteiger partial charge in [0.25, 0.3) is 0 Å². The Morgan fingerprint density at radius 2 is 2.07 bits per heavy atom. The van der Waals surface area contributed by atoms with Crippen LogP contribution in [-0.4, -0.2) is 46.7 Å². The lowest BCUT2D eigenvalue weighted by Crippen LogP contribution is -2.40. The number of ether oxygens (including phenoxy) is 1. The molecule has 1 amide bonds. The SMILES string of the molecule is CC(C)=CCC/C(C)=C/CC(C)(C)CN1C[C@]23C=C[C@@H](O2)[C@@H](C(=O)O)[C@@H]3C1=O. The predicted molar refractivity (Wildman–Crippen MR) is 109 cm³/mol. The van der Waals surface area contributed by atoms with Crippen molar-refractivity contribution in [1.82, 2.24) is 4.90 Å². The molecule has 3 aliphatic rings. The third kappa shape index (κ3) is 3.95. The first-order chi connectivity index (χ1) is 13.0. The minimum Gasteiger partial charge on any atom is -0.481 e. The number of carbonyl (C=O) groups excluding carboxylic acids is 1. The Morgan fingerprint density at radius 1 is 1.36 bits per heavy atom. The first-order valence-electron chi connectivity index (χ1n) is 10.2. The second kappa shape index (κ2) is 7.51. The van der Waals surface area contributed by atoms with E-state index in [4.69, 9.17) is 4.74 Å². The Labute approximate surface area is 168 Å².